The first-order valence-electron chi connectivity index (χ1n) is 9.19. The number of nitrogens with one attached hydrogen (secondary N) is 3. The minimum atomic E-state index is -0.460. The van der Waals surface area contributed by atoms with Crippen LogP contribution in [0.25, 0.3) is 0 Å². The molecule has 0 atom stereocenters. The molecule has 0 spiro atoms. The van der Waals surface area contributed by atoms with Gasteiger partial charge in [0.2, 0.25) is 11.8 Å². The summed E-state index contributed by atoms with van der Waals surface area (Å²) in [5.41, 5.74) is 0.750. The molecule has 148 valence electrons. The first-order chi connectivity index (χ1) is 13.0. The molecule has 1 fully saturated rings. The molecule has 0 radical (unpaired) electrons. The zero-order chi connectivity index (χ0) is 19.6. The number of carbonyl (C=O) groups is 3. The van der Waals surface area contributed by atoms with E-state index < -0.39 is 11.9 Å². The third kappa shape index (κ3) is 7.60. The number of amides is 4. The fourth-order valence-electron chi connectivity index (χ4n) is 3.12. The summed E-state index contributed by atoms with van der Waals surface area (Å²) in [4.78, 5) is 38.6. The van der Waals surface area contributed by atoms with Gasteiger partial charge in [-0.2, -0.15) is 0 Å². The first kappa shape index (κ1) is 21.2. The van der Waals surface area contributed by atoms with Crippen molar-refractivity contribution in [2.45, 2.75) is 43.0 Å². The Morgan fingerprint density at radius 1 is 1.07 bits per heavy atom. The minimum Gasteiger partial charge on any atom is -0.335 e. The number of para-hydroxylation sites is 1. The molecule has 3 N–H and O–H groups in total. The van der Waals surface area contributed by atoms with Crippen LogP contribution >= 0.6 is 11.8 Å². The molecule has 7 nitrogen and oxygen atoms in total. The molecule has 1 aromatic rings. The standard InChI is InChI=1S/C19H28N4O3S/c1-23(12-17(24)21-15-10-6-7-11-16(15)27-2)13-18(25)22-19(26)20-14-8-4-3-5-9-14/h6-7,10-11,14H,3-5,8-9,12-13H2,1-2H3,(H,21,24)(H2,20,22,25,26). The molecular formula is C19H28N4O3S. The Morgan fingerprint density at radius 2 is 1.74 bits per heavy atom. The summed E-state index contributed by atoms with van der Waals surface area (Å²) < 4.78 is 0. The zero-order valence-corrected chi connectivity index (χ0v) is 16.7. The van der Waals surface area contributed by atoms with Crippen molar-refractivity contribution < 1.29 is 14.4 Å². The highest BCUT2D eigenvalue weighted by molar-refractivity contribution is 7.98. The van der Waals surface area contributed by atoms with Crippen molar-refractivity contribution in [3.8, 4) is 0 Å². The number of hydrogen-bond acceptors (Lipinski definition) is 5. The van der Waals surface area contributed by atoms with Gasteiger partial charge in [0.05, 0.1) is 18.8 Å². The second-order valence-corrected chi connectivity index (χ2v) is 7.63. The largest absolute Gasteiger partial charge is 0.335 e. The number of carbonyl (C=O) groups excluding carboxylic acids is 3. The topological polar surface area (TPSA) is 90.5 Å². The Kier molecular flexibility index (Phi) is 8.60. The summed E-state index contributed by atoms with van der Waals surface area (Å²) in [7, 11) is 1.67. The Bertz CT molecular complexity index is 662. The molecule has 0 aliphatic heterocycles. The third-order valence-corrected chi connectivity index (χ3v) is 5.20. The maximum atomic E-state index is 12.2. The number of thioether (sulfide) groups is 1. The Morgan fingerprint density at radius 3 is 2.44 bits per heavy atom. The van der Waals surface area contributed by atoms with Crippen LogP contribution < -0.4 is 16.0 Å². The van der Waals surface area contributed by atoms with Gasteiger partial charge in [0, 0.05) is 10.9 Å². The maximum absolute atomic E-state index is 12.2. The quantitative estimate of drug-likeness (QED) is 0.620. The molecule has 1 saturated carbocycles. The van der Waals surface area contributed by atoms with Crippen LogP contribution in [0.3, 0.4) is 0 Å². The molecule has 1 aromatic carbocycles. The van der Waals surface area contributed by atoms with Crippen LogP contribution in [0, 0.1) is 0 Å². The summed E-state index contributed by atoms with van der Waals surface area (Å²) in [5, 5.41) is 8.02. The van der Waals surface area contributed by atoms with Crippen LogP contribution in [0.4, 0.5) is 10.5 Å². The number of anilines is 1. The molecule has 0 unspecified atom stereocenters. The van der Waals surface area contributed by atoms with Crippen molar-refractivity contribution in [2.24, 2.45) is 0 Å². The van der Waals surface area contributed by atoms with Gasteiger partial charge in [-0.05, 0) is 38.3 Å². The number of rotatable bonds is 7. The van der Waals surface area contributed by atoms with Crippen LogP contribution in [0.15, 0.2) is 29.2 Å². The normalized spacial score (nSPS) is 14.6. The molecular weight excluding hydrogens is 364 g/mol. The lowest BCUT2D eigenvalue weighted by atomic mass is 9.96. The van der Waals surface area contributed by atoms with Crippen molar-refractivity contribution in [3.63, 3.8) is 0 Å². The predicted molar refractivity (Wildman–Crippen MR) is 108 cm³/mol. The molecule has 8 heteroatoms. The van der Waals surface area contributed by atoms with Gasteiger partial charge in [0.15, 0.2) is 0 Å². The second kappa shape index (κ2) is 10.9. The fraction of sp³-hybridized carbons (Fsp3) is 0.526. The van der Waals surface area contributed by atoms with Crippen molar-refractivity contribution >= 4 is 35.3 Å². The highest BCUT2D eigenvalue weighted by atomic mass is 32.2. The van der Waals surface area contributed by atoms with Crippen molar-refractivity contribution in [1.29, 1.82) is 0 Å². The number of likely N-dealkylation sites (N-methyl/N-ethyl adjacent to an activating group) is 1. The first-order valence-corrected chi connectivity index (χ1v) is 10.4. The number of urea groups is 1. The molecule has 27 heavy (non-hydrogen) atoms. The monoisotopic (exact) mass is 392 g/mol. The summed E-state index contributed by atoms with van der Waals surface area (Å²) in [6, 6.07) is 7.23. The van der Waals surface area contributed by atoms with Crippen LogP contribution in [-0.4, -0.2) is 55.2 Å². The molecule has 4 amide bonds. The minimum absolute atomic E-state index is 0.0321. The van der Waals surface area contributed by atoms with Crippen LogP contribution in [0.2, 0.25) is 0 Å². The fourth-order valence-corrected chi connectivity index (χ4v) is 3.67. The Labute approximate surface area is 164 Å². The average Bonchev–Trinajstić information content (AvgIpc) is 2.62. The van der Waals surface area contributed by atoms with E-state index in [0.29, 0.717) is 0 Å². The van der Waals surface area contributed by atoms with E-state index in [4.69, 9.17) is 0 Å². The van der Waals surface area contributed by atoms with E-state index in [1.807, 2.05) is 30.5 Å². The van der Waals surface area contributed by atoms with Crippen molar-refractivity contribution in [2.75, 3.05) is 31.7 Å². The highest BCUT2D eigenvalue weighted by Gasteiger charge is 2.18. The van der Waals surface area contributed by atoms with Gasteiger partial charge in [0.25, 0.3) is 0 Å². The van der Waals surface area contributed by atoms with E-state index in [2.05, 4.69) is 16.0 Å². The van der Waals surface area contributed by atoms with Crippen molar-refractivity contribution in [3.05, 3.63) is 24.3 Å². The SMILES string of the molecule is CSc1ccccc1NC(=O)CN(C)CC(=O)NC(=O)NC1CCCCC1. The molecule has 0 saturated heterocycles. The van der Waals surface area contributed by atoms with E-state index in [1.165, 1.54) is 6.42 Å². The van der Waals surface area contributed by atoms with E-state index in [0.717, 1.165) is 36.3 Å². The van der Waals surface area contributed by atoms with Gasteiger partial charge < -0.3 is 10.6 Å². The summed E-state index contributed by atoms with van der Waals surface area (Å²) >= 11 is 1.55. The van der Waals surface area contributed by atoms with Gasteiger partial charge in [-0.1, -0.05) is 31.4 Å². The van der Waals surface area contributed by atoms with Gasteiger partial charge in [-0.3, -0.25) is 19.8 Å². The number of imide groups is 1. The van der Waals surface area contributed by atoms with E-state index in [9.17, 15) is 14.4 Å². The van der Waals surface area contributed by atoms with Gasteiger partial charge in [0.1, 0.15) is 0 Å². The number of hydrogen-bond donors (Lipinski definition) is 3. The predicted octanol–water partition coefficient (Wildman–Crippen LogP) is 2.44. The molecule has 2 rings (SSSR count). The van der Waals surface area contributed by atoms with Crippen LogP contribution in [-0.2, 0) is 9.59 Å². The Balaban J connectivity index is 1.72. The van der Waals surface area contributed by atoms with E-state index in [1.54, 1.807) is 23.7 Å². The van der Waals surface area contributed by atoms with E-state index in [-0.39, 0.29) is 25.0 Å². The lowest BCUT2D eigenvalue weighted by Crippen LogP contribution is -2.48. The van der Waals surface area contributed by atoms with Gasteiger partial charge in [-0.15, -0.1) is 11.8 Å². The lowest BCUT2D eigenvalue weighted by molar-refractivity contribution is -0.122. The lowest BCUT2D eigenvalue weighted by Gasteiger charge is -2.23. The highest BCUT2D eigenvalue weighted by Crippen LogP contribution is 2.24. The molecule has 0 aromatic heterocycles. The number of nitrogens with zero attached hydrogens (tertiary/aromatic N) is 1. The summed E-state index contributed by atoms with van der Waals surface area (Å²) in [5.74, 6) is -0.637. The van der Waals surface area contributed by atoms with Gasteiger partial charge >= 0.3 is 6.03 Å². The van der Waals surface area contributed by atoms with Crippen molar-refractivity contribution in [1.82, 2.24) is 15.5 Å². The molecule has 0 bridgehead atoms. The molecule has 1 aliphatic carbocycles. The summed E-state index contributed by atoms with van der Waals surface area (Å²) in [6.07, 6.45) is 7.28. The molecule has 0 heterocycles. The van der Waals surface area contributed by atoms with Crippen LogP contribution in [0.5, 0.6) is 0 Å². The third-order valence-electron chi connectivity index (χ3n) is 4.40. The number of benzene rings is 1. The zero-order valence-electron chi connectivity index (χ0n) is 15.9. The van der Waals surface area contributed by atoms with E-state index >= 15 is 0 Å². The van der Waals surface area contributed by atoms with Crippen LogP contribution in [0.1, 0.15) is 32.1 Å². The Hall–Kier alpha value is -2.06. The summed E-state index contributed by atoms with van der Waals surface area (Å²) in [6.45, 7) is 0.0239. The second-order valence-electron chi connectivity index (χ2n) is 6.78. The average molecular weight is 393 g/mol. The van der Waals surface area contributed by atoms with Gasteiger partial charge in [-0.25, -0.2) is 4.79 Å². The molecule has 1 aliphatic rings. The smallest absolute Gasteiger partial charge is 0.321 e. The maximum Gasteiger partial charge on any atom is 0.321 e.